The Morgan fingerprint density at radius 3 is 1.29 bits per heavy atom. The van der Waals surface area contributed by atoms with Crippen LogP contribution in [0.2, 0.25) is 0 Å². The van der Waals surface area contributed by atoms with Gasteiger partial charge < -0.3 is 45.1 Å². The van der Waals surface area contributed by atoms with Crippen molar-refractivity contribution in [1.82, 2.24) is 5.32 Å². The second-order valence-corrected chi connectivity index (χ2v) is 22.1. The van der Waals surface area contributed by atoms with Crippen LogP contribution < -0.4 is 5.32 Å². The average Bonchev–Trinajstić information content (AvgIpc) is 3.67. The van der Waals surface area contributed by atoms with E-state index in [-0.39, 0.29) is 19.4 Å². The fourth-order valence-electron chi connectivity index (χ4n) is 9.34. The molecule has 0 radical (unpaired) electrons. The van der Waals surface area contributed by atoms with Crippen LogP contribution in [-0.4, -0.2) is 99.6 Å². The molecule has 0 aromatic heterocycles. The van der Waals surface area contributed by atoms with Crippen molar-refractivity contribution < 1.29 is 49.3 Å². The molecule has 1 amide bonds. The van der Waals surface area contributed by atoms with Gasteiger partial charge in [0.15, 0.2) is 12.4 Å². The SMILES string of the molecule is CC/C=C\C/C=C\C/C=C\C/C=C\C/C=C\C/C=C\CC(O)C(=O)NC(COC1OC(CO)C(O)C(O)C1OC(=O)CCCCCCCCCCC/C=C\C/C=C\C/C=C\C/C=C\C/C=C\CC)C(O)/C=C/CCCCCCCCCCCC. The summed E-state index contributed by atoms with van der Waals surface area (Å²) in [5, 5.41) is 57.0. The summed E-state index contributed by atoms with van der Waals surface area (Å²) >= 11 is 0. The summed E-state index contributed by atoms with van der Waals surface area (Å²) in [6, 6.07) is -1.08. The summed E-state index contributed by atoms with van der Waals surface area (Å²) in [6.45, 7) is 5.50. The van der Waals surface area contributed by atoms with Crippen LogP contribution in [0.4, 0.5) is 0 Å². The van der Waals surface area contributed by atoms with Crippen LogP contribution in [0.25, 0.3) is 0 Å². The molecule has 476 valence electrons. The maximum atomic E-state index is 13.4. The first-order chi connectivity index (χ1) is 41.2. The van der Waals surface area contributed by atoms with Gasteiger partial charge in [-0.2, -0.15) is 0 Å². The minimum absolute atomic E-state index is 0.0499. The molecule has 1 aliphatic rings. The Balaban J connectivity index is 2.67. The van der Waals surface area contributed by atoms with Crippen molar-refractivity contribution in [2.75, 3.05) is 13.2 Å². The number of esters is 1. The van der Waals surface area contributed by atoms with Crippen LogP contribution in [-0.2, 0) is 23.8 Å². The number of aliphatic hydroxyl groups is 5. The summed E-state index contributed by atoms with van der Waals surface area (Å²) in [6.07, 6.45) is 74.7. The first kappa shape index (κ1) is 77.6. The van der Waals surface area contributed by atoms with E-state index in [1.165, 1.54) is 70.6 Å². The van der Waals surface area contributed by atoms with Crippen LogP contribution in [0.3, 0.4) is 0 Å². The Kier molecular flexibility index (Phi) is 54.4. The Labute approximate surface area is 511 Å². The summed E-state index contributed by atoms with van der Waals surface area (Å²) in [7, 11) is 0. The number of ether oxygens (including phenoxy) is 3. The molecule has 1 fully saturated rings. The Hall–Kier alpha value is -4.46. The second-order valence-electron chi connectivity index (χ2n) is 22.1. The van der Waals surface area contributed by atoms with Gasteiger partial charge in [-0.1, -0.05) is 269 Å². The molecule has 8 atom stereocenters. The van der Waals surface area contributed by atoms with Crippen LogP contribution in [0, 0.1) is 0 Å². The molecule has 11 heteroatoms. The van der Waals surface area contributed by atoms with Gasteiger partial charge in [-0.05, 0) is 103 Å². The lowest BCUT2D eigenvalue weighted by atomic mass is 9.99. The number of unbranched alkanes of at least 4 members (excludes halogenated alkanes) is 19. The summed E-state index contributed by atoms with van der Waals surface area (Å²) in [5.74, 6) is -1.30. The molecule has 6 N–H and O–H groups in total. The van der Waals surface area contributed by atoms with Gasteiger partial charge in [0.1, 0.15) is 24.4 Å². The number of allylic oxidation sites excluding steroid dienone is 22. The van der Waals surface area contributed by atoms with Crippen LogP contribution in [0.15, 0.2) is 146 Å². The molecule has 8 unspecified atom stereocenters. The number of amides is 1. The highest BCUT2D eigenvalue weighted by Crippen LogP contribution is 2.26. The second kappa shape index (κ2) is 58.9. The summed E-state index contributed by atoms with van der Waals surface area (Å²) < 4.78 is 17.6. The van der Waals surface area contributed by atoms with E-state index < -0.39 is 67.4 Å². The first-order valence-corrected chi connectivity index (χ1v) is 33.1. The van der Waals surface area contributed by atoms with Gasteiger partial charge in [-0.25, -0.2) is 0 Å². The van der Waals surface area contributed by atoms with Gasteiger partial charge >= 0.3 is 5.97 Å². The van der Waals surface area contributed by atoms with E-state index in [0.717, 1.165) is 122 Å². The highest BCUT2D eigenvalue weighted by Gasteiger charge is 2.47. The smallest absolute Gasteiger partial charge is 0.306 e. The maximum absolute atomic E-state index is 13.4. The number of aliphatic hydroxyl groups excluding tert-OH is 5. The van der Waals surface area contributed by atoms with Gasteiger partial charge in [-0.3, -0.25) is 9.59 Å². The van der Waals surface area contributed by atoms with Crippen molar-refractivity contribution >= 4 is 11.9 Å². The van der Waals surface area contributed by atoms with Crippen molar-refractivity contribution in [2.24, 2.45) is 0 Å². The predicted octanol–water partition coefficient (Wildman–Crippen LogP) is 16.6. The first-order valence-electron chi connectivity index (χ1n) is 33.1. The minimum atomic E-state index is -1.64. The lowest BCUT2D eigenvalue weighted by Gasteiger charge is -2.41. The fraction of sp³-hybridized carbons (Fsp3) is 0.644. The lowest BCUT2D eigenvalue weighted by Crippen LogP contribution is -2.61. The fourth-order valence-corrected chi connectivity index (χ4v) is 9.34. The van der Waals surface area contributed by atoms with E-state index in [4.69, 9.17) is 14.2 Å². The predicted molar refractivity (Wildman–Crippen MR) is 351 cm³/mol. The molecule has 11 nitrogen and oxygen atoms in total. The van der Waals surface area contributed by atoms with Crippen molar-refractivity contribution in [3.63, 3.8) is 0 Å². The van der Waals surface area contributed by atoms with Gasteiger partial charge in [0, 0.05) is 12.8 Å². The molecule has 0 spiro atoms. The third-order valence-corrected chi connectivity index (χ3v) is 14.5. The van der Waals surface area contributed by atoms with Crippen LogP contribution in [0.5, 0.6) is 0 Å². The average molecular weight is 1170 g/mol. The topological polar surface area (TPSA) is 175 Å². The number of hydrogen-bond donors (Lipinski definition) is 6. The third kappa shape index (κ3) is 45.8. The van der Waals surface area contributed by atoms with Gasteiger partial charge in [0.25, 0.3) is 0 Å². The van der Waals surface area contributed by atoms with E-state index in [1.807, 2.05) is 18.2 Å². The van der Waals surface area contributed by atoms with Crippen molar-refractivity contribution in [2.45, 2.75) is 288 Å². The zero-order valence-corrected chi connectivity index (χ0v) is 52.7. The van der Waals surface area contributed by atoms with E-state index in [1.54, 1.807) is 12.2 Å². The van der Waals surface area contributed by atoms with Gasteiger partial charge in [0.05, 0.1) is 25.4 Å². The highest BCUT2D eigenvalue weighted by atomic mass is 16.7. The molecule has 1 aliphatic heterocycles. The number of nitrogens with one attached hydrogen (secondary N) is 1. The molecule has 0 saturated carbocycles. The molecule has 1 saturated heterocycles. The Morgan fingerprint density at radius 2 is 0.857 bits per heavy atom. The van der Waals surface area contributed by atoms with Crippen molar-refractivity contribution in [3.8, 4) is 0 Å². The number of rotatable bonds is 54. The van der Waals surface area contributed by atoms with Crippen molar-refractivity contribution in [1.29, 1.82) is 0 Å². The van der Waals surface area contributed by atoms with E-state index >= 15 is 0 Å². The van der Waals surface area contributed by atoms with Crippen LogP contribution >= 0.6 is 0 Å². The zero-order chi connectivity index (χ0) is 61.0. The standard InChI is InChI=1S/C73H119NO10/c1-4-7-10-13-16-19-22-25-27-29-31-32-33-34-35-36-37-39-41-43-46-49-52-55-58-61-68(78)84-71-70(80)69(79)67(62-75)83-73(71)82-63-64(65(76)59-56-53-50-47-44-24-21-18-15-12-9-6-3)74-72(81)66(77)60-57-54-51-48-45-42-40-38-30-28-26-23-20-17-14-11-8-5-2/h7-8,10-11,16-17,19-20,25-28,31-32,34-35,38,40,45,48,54,56-57,59,64-67,69-71,73,75-77,79-80H,4-6,9,12-15,18,21-24,29-30,33,36-37,39,41-44,46-47,49-53,55,58,60-63H2,1-3H3,(H,74,81)/b10-7-,11-8-,19-16-,20-17-,27-25-,28-26-,32-31-,35-34-,40-38-,48-45-,57-54-,59-56+. The molecule has 0 bridgehead atoms. The highest BCUT2D eigenvalue weighted by molar-refractivity contribution is 5.81. The minimum Gasteiger partial charge on any atom is -0.454 e. The largest absolute Gasteiger partial charge is 0.454 e. The summed E-state index contributed by atoms with van der Waals surface area (Å²) in [4.78, 5) is 26.6. The monoisotopic (exact) mass is 1170 g/mol. The van der Waals surface area contributed by atoms with Gasteiger partial charge in [-0.15, -0.1) is 0 Å². The Bertz CT molecular complexity index is 1920. The molecule has 1 heterocycles. The molecular weight excluding hydrogens is 1050 g/mol. The van der Waals surface area contributed by atoms with Crippen LogP contribution in [0.1, 0.15) is 239 Å². The van der Waals surface area contributed by atoms with Crippen molar-refractivity contribution in [3.05, 3.63) is 146 Å². The molecule has 0 aromatic carbocycles. The normalized spacial score (nSPS) is 19.5. The maximum Gasteiger partial charge on any atom is 0.306 e. The zero-order valence-electron chi connectivity index (χ0n) is 52.7. The number of carbonyl (C=O) groups excluding carboxylic acids is 2. The lowest BCUT2D eigenvalue weighted by molar-refractivity contribution is -0.305. The number of hydrogen-bond acceptors (Lipinski definition) is 10. The number of carbonyl (C=O) groups is 2. The Morgan fingerprint density at radius 1 is 0.476 bits per heavy atom. The summed E-state index contributed by atoms with van der Waals surface area (Å²) in [5.41, 5.74) is 0. The molecule has 1 rings (SSSR count). The van der Waals surface area contributed by atoms with Gasteiger partial charge in [0.2, 0.25) is 5.91 Å². The van der Waals surface area contributed by atoms with E-state index in [0.29, 0.717) is 12.8 Å². The van der Waals surface area contributed by atoms with E-state index in [2.05, 4.69) is 142 Å². The molecule has 0 aliphatic carbocycles. The molecule has 0 aromatic rings. The molecular formula is C73H119NO10. The molecule has 84 heavy (non-hydrogen) atoms. The quantitative estimate of drug-likeness (QED) is 0.0195. The van der Waals surface area contributed by atoms with E-state index in [9.17, 15) is 35.1 Å². The third-order valence-electron chi connectivity index (χ3n) is 14.5.